The number of hydrogen-bond acceptors (Lipinski definition) is 3. The van der Waals surface area contributed by atoms with E-state index in [9.17, 15) is 0 Å². The Kier molecular flexibility index (Phi) is 6.01. The van der Waals surface area contributed by atoms with Crippen molar-refractivity contribution in [3.05, 3.63) is 106 Å². The summed E-state index contributed by atoms with van der Waals surface area (Å²) in [5.41, 5.74) is 3.39. The van der Waals surface area contributed by atoms with Gasteiger partial charge in [-0.05, 0) is 77.5 Å². The molecule has 0 aliphatic heterocycles. The fourth-order valence-corrected chi connectivity index (χ4v) is 7.20. The molecule has 172 valence electrons. The Labute approximate surface area is 224 Å². The molecule has 6 rings (SSSR count). The van der Waals surface area contributed by atoms with Crippen molar-refractivity contribution in [1.82, 2.24) is 0 Å². The summed E-state index contributed by atoms with van der Waals surface area (Å²) in [6.07, 6.45) is 0. The van der Waals surface area contributed by atoms with Crippen LogP contribution in [0.1, 0.15) is 5.56 Å². The van der Waals surface area contributed by atoms with Gasteiger partial charge in [-0.1, -0.05) is 72.8 Å². The first-order valence-electron chi connectivity index (χ1n) is 11.2. The summed E-state index contributed by atoms with van der Waals surface area (Å²) in [6.45, 7) is 0.463. The summed E-state index contributed by atoms with van der Waals surface area (Å²) >= 11 is 9.50. The van der Waals surface area contributed by atoms with E-state index >= 15 is 0 Å². The second kappa shape index (κ2) is 9.30. The monoisotopic (exact) mass is 602 g/mol. The number of halogens is 2. The van der Waals surface area contributed by atoms with E-state index in [2.05, 4.69) is 105 Å². The highest BCUT2D eigenvalue weighted by molar-refractivity contribution is 9.11. The fraction of sp³-hybridized carbons (Fsp3) is 0.0667. The van der Waals surface area contributed by atoms with E-state index in [0.29, 0.717) is 18.1 Å². The van der Waals surface area contributed by atoms with Crippen molar-refractivity contribution in [2.75, 3.05) is 7.11 Å². The first kappa shape index (κ1) is 22.6. The summed E-state index contributed by atoms with van der Waals surface area (Å²) in [6, 6.07) is 31.6. The molecule has 0 spiro atoms. The zero-order chi connectivity index (χ0) is 23.9. The Morgan fingerprint density at radius 3 is 2.23 bits per heavy atom. The van der Waals surface area contributed by atoms with E-state index < -0.39 is 0 Å². The Morgan fingerprint density at radius 1 is 0.771 bits per heavy atom. The molecule has 0 radical (unpaired) electrons. The lowest BCUT2D eigenvalue weighted by molar-refractivity contribution is 0.284. The molecule has 0 saturated carbocycles. The molecule has 5 aromatic carbocycles. The zero-order valence-electron chi connectivity index (χ0n) is 18.8. The van der Waals surface area contributed by atoms with Crippen LogP contribution in [0, 0.1) is 0 Å². The molecule has 0 aliphatic carbocycles. The molecular weight excluding hydrogens is 584 g/mol. The van der Waals surface area contributed by atoms with Crippen LogP contribution in [-0.2, 0) is 6.61 Å². The summed E-state index contributed by atoms with van der Waals surface area (Å²) in [5.74, 6) is 1.40. The highest BCUT2D eigenvalue weighted by Crippen LogP contribution is 2.50. The van der Waals surface area contributed by atoms with Gasteiger partial charge in [0.25, 0.3) is 0 Å². The van der Waals surface area contributed by atoms with Gasteiger partial charge >= 0.3 is 0 Å². The van der Waals surface area contributed by atoms with E-state index in [0.717, 1.165) is 20.1 Å². The Hall–Kier alpha value is -2.86. The third-order valence-electron chi connectivity index (χ3n) is 6.22. The van der Waals surface area contributed by atoms with Gasteiger partial charge in [0, 0.05) is 19.9 Å². The van der Waals surface area contributed by atoms with Crippen LogP contribution in [-0.4, -0.2) is 7.11 Å². The van der Waals surface area contributed by atoms with Crippen LogP contribution in [0.2, 0.25) is 0 Å². The van der Waals surface area contributed by atoms with E-state index in [1.165, 1.54) is 36.5 Å². The number of ether oxygens (including phenoxy) is 2. The number of thiophene rings is 1. The van der Waals surface area contributed by atoms with Crippen molar-refractivity contribution >= 4 is 74.1 Å². The van der Waals surface area contributed by atoms with Crippen LogP contribution in [0.15, 0.2) is 99.9 Å². The molecule has 1 aromatic heterocycles. The molecule has 6 aromatic rings. The maximum atomic E-state index is 6.31. The number of hydrogen-bond donors (Lipinski definition) is 0. The Bertz CT molecular complexity index is 1710. The van der Waals surface area contributed by atoms with Gasteiger partial charge < -0.3 is 9.47 Å². The highest BCUT2D eigenvalue weighted by atomic mass is 79.9. The smallest absolute Gasteiger partial charge is 0.174 e. The summed E-state index contributed by atoms with van der Waals surface area (Å²) < 4.78 is 16.6. The molecule has 0 bridgehead atoms. The molecule has 0 unspecified atom stereocenters. The van der Waals surface area contributed by atoms with E-state index in [-0.39, 0.29) is 0 Å². The average Bonchev–Trinajstić information content (AvgIpc) is 3.28. The second-order valence-corrected chi connectivity index (χ2v) is 11.0. The van der Waals surface area contributed by atoms with Gasteiger partial charge in [0.05, 0.1) is 16.3 Å². The number of benzene rings is 5. The minimum absolute atomic E-state index is 0.463. The van der Waals surface area contributed by atoms with Crippen LogP contribution in [0.25, 0.3) is 42.1 Å². The lowest BCUT2D eigenvalue weighted by atomic mass is 9.93. The van der Waals surface area contributed by atoms with Crippen molar-refractivity contribution < 1.29 is 9.47 Å². The van der Waals surface area contributed by atoms with Gasteiger partial charge in [0.1, 0.15) is 6.61 Å². The third-order valence-corrected chi connectivity index (χ3v) is 9.08. The van der Waals surface area contributed by atoms with Gasteiger partial charge in [-0.2, -0.15) is 0 Å². The molecule has 0 amide bonds. The number of rotatable bonds is 5. The lowest BCUT2D eigenvalue weighted by Gasteiger charge is -2.17. The minimum Gasteiger partial charge on any atom is -0.492 e. The normalized spacial score (nSPS) is 11.4. The summed E-state index contributed by atoms with van der Waals surface area (Å²) in [7, 11) is 1.68. The molecule has 0 N–H and O–H groups in total. The highest BCUT2D eigenvalue weighted by Gasteiger charge is 2.21. The van der Waals surface area contributed by atoms with Crippen molar-refractivity contribution in [1.29, 1.82) is 0 Å². The second-order valence-electron chi connectivity index (χ2n) is 8.30. The van der Waals surface area contributed by atoms with Crippen molar-refractivity contribution in [3.63, 3.8) is 0 Å². The van der Waals surface area contributed by atoms with Crippen LogP contribution in [0.4, 0.5) is 0 Å². The molecule has 0 aliphatic rings. The van der Waals surface area contributed by atoms with Gasteiger partial charge in [-0.15, -0.1) is 11.3 Å². The van der Waals surface area contributed by atoms with Crippen molar-refractivity contribution in [3.8, 4) is 22.6 Å². The molecule has 5 heteroatoms. The standard InChI is InChI=1S/C30H20Br2O2S/c1-33-29-23(31)15-19(16-24(29)34-17-18-9-3-2-4-10-18)26-20-11-5-6-12-21(20)28(32)30-27(26)22-13-7-8-14-25(22)35-30/h2-16H,17H2,1H3. The Balaban J connectivity index is 1.63. The number of methoxy groups -OCH3 is 1. The maximum Gasteiger partial charge on any atom is 0.174 e. The van der Waals surface area contributed by atoms with E-state index in [4.69, 9.17) is 9.47 Å². The van der Waals surface area contributed by atoms with Gasteiger partial charge in [-0.3, -0.25) is 0 Å². The zero-order valence-corrected chi connectivity index (χ0v) is 22.8. The molecule has 0 fully saturated rings. The topological polar surface area (TPSA) is 18.5 Å². The fourth-order valence-electron chi connectivity index (χ4n) is 4.65. The van der Waals surface area contributed by atoms with Crippen LogP contribution >= 0.6 is 43.2 Å². The van der Waals surface area contributed by atoms with Crippen molar-refractivity contribution in [2.45, 2.75) is 6.61 Å². The lowest BCUT2D eigenvalue weighted by Crippen LogP contribution is -1.99. The first-order valence-corrected chi connectivity index (χ1v) is 13.6. The van der Waals surface area contributed by atoms with E-state index in [1.54, 1.807) is 7.11 Å². The molecule has 35 heavy (non-hydrogen) atoms. The molecule has 1 heterocycles. The van der Waals surface area contributed by atoms with Gasteiger partial charge in [-0.25, -0.2) is 0 Å². The van der Waals surface area contributed by atoms with Gasteiger partial charge in [0.15, 0.2) is 11.5 Å². The predicted octanol–water partition coefficient (Wildman–Crippen LogP) is 9.99. The third kappa shape index (κ3) is 3.92. The van der Waals surface area contributed by atoms with Crippen LogP contribution in [0.5, 0.6) is 11.5 Å². The number of fused-ring (bicyclic) bond motifs is 4. The molecule has 0 atom stereocenters. The summed E-state index contributed by atoms with van der Waals surface area (Å²) in [5, 5.41) is 4.90. The average molecular weight is 604 g/mol. The van der Waals surface area contributed by atoms with Crippen molar-refractivity contribution in [2.24, 2.45) is 0 Å². The SMILES string of the molecule is COc1c(Br)cc(-c2c3ccccc3c(Br)c3sc4ccccc4c23)cc1OCc1ccccc1. The first-order chi connectivity index (χ1) is 17.2. The predicted molar refractivity (Wildman–Crippen MR) is 155 cm³/mol. The minimum atomic E-state index is 0.463. The summed E-state index contributed by atoms with van der Waals surface area (Å²) in [4.78, 5) is 0. The molecular formula is C30H20Br2O2S. The Morgan fingerprint density at radius 2 is 1.46 bits per heavy atom. The molecule has 0 saturated heterocycles. The molecule has 2 nitrogen and oxygen atoms in total. The van der Waals surface area contributed by atoms with Gasteiger partial charge in [0.2, 0.25) is 0 Å². The van der Waals surface area contributed by atoms with E-state index in [1.807, 2.05) is 29.5 Å². The quantitative estimate of drug-likeness (QED) is 0.195. The van der Waals surface area contributed by atoms with Crippen LogP contribution in [0.3, 0.4) is 0 Å². The maximum absolute atomic E-state index is 6.31. The largest absolute Gasteiger partial charge is 0.492 e. The van der Waals surface area contributed by atoms with Crippen LogP contribution < -0.4 is 9.47 Å².